The van der Waals surface area contributed by atoms with Gasteiger partial charge in [-0.2, -0.15) is 4.73 Å². The monoisotopic (exact) mass is 588 g/mol. The summed E-state index contributed by atoms with van der Waals surface area (Å²) in [6.07, 6.45) is 8.86. The van der Waals surface area contributed by atoms with E-state index < -0.39 is 11.8 Å². The van der Waals surface area contributed by atoms with Crippen LogP contribution in [0.25, 0.3) is 0 Å². The van der Waals surface area contributed by atoms with E-state index >= 15 is 0 Å². The number of hydrogen-bond acceptors (Lipinski definition) is 9. The standard InChI is InChI=1S/C27H26Cl2N4O7/c1-37-23-9-30-19(7-21(23)39-13-15-3-4-15)26(34)33(25-17(28)11-32(36)12-18(25)29)27(35)20-8-22(24(38-2)10-31-20)40-14-16-5-6-16/h7-12,15-16H,3-6,13-14H2,1-2H3. The minimum atomic E-state index is -0.880. The summed E-state index contributed by atoms with van der Waals surface area (Å²) >= 11 is 12.7. The van der Waals surface area contributed by atoms with Crippen molar-refractivity contribution in [3.05, 3.63) is 63.6 Å². The van der Waals surface area contributed by atoms with Crippen molar-refractivity contribution in [3.63, 3.8) is 0 Å². The van der Waals surface area contributed by atoms with Gasteiger partial charge in [0.2, 0.25) is 12.4 Å². The van der Waals surface area contributed by atoms with Crippen LogP contribution in [-0.4, -0.2) is 49.2 Å². The predicted octanol–water partition coefficient (Wildman–Crippen LogP) is 4.50. The van der Waals surface area contributed by atoms with Gasteiger partial charge in [0.15, 0.2) is 23.0 Å². The smallest absolute Gasteiger partial charge is 0.284 e. The Kier molecular flexibility index (Phi) is 8.13. The molecule has 210 valence electrons. The summed E-state index contributed by atoms with van der Waals surface area (Å²) in [5, 5.41) is 11.5. The van der Waals surface area contributed by atoms with Gasteiger partial charge in [0.1, 0.15) is 27.1 Å². The first kappa shape index (κ1) is 27.7. The average Bonchev–Trinajstić information content (AvgIpc) is 3.87. The molecule has 2 aliphatic rings. The Balaban J connectivity index is 1.55. The van der Waals surface area contributed by atoms with Crippen LogP contribution in [0.2, 0.25) is 10.0 Å². The summed E-state index contributed by atoms with van der Waals surface area (Å²) in [6, 6.07) is 2.77. The van der Waals surface area contributed by atoms with Gasteiger partial charge in [0.25, 0.3) is 11.8 Å². The second-order valence-electron chi connectivity index (χ2n) is 9.56. The van der Waals surface area contributed by atoms with Crippen molar-refractivity contribution in [3.8, 4) is 23.0 Å². The highest BCUT2D eigenvalue weighted by Crippen LogP contribution is 2.37. The van der Waals surface area contributed by atoms with Crippen molar-refractivity contribution in [1.82, 2.24) is 9.97 Å². The average molecular weight is 589 g/mol. The number of halogens is 2. The normalized spacial score (nSPS) is 14.4. The lowest BCUT2D eigenvalue weighted by Gasteiger charge is -2.23. The SMILES string of the molecule is COc1cnc(C(=O)N(C(=O)c2cc(OCC3CC3)c(OC)cn2)c2c(Cl)c[n+]([O-])cc2Cl)cc1OCC1CC1. The van der Waals surface area contributed by atoms with Crippen LogP contribution >= 0.6 is 23.2 Å². The number of hydrogen-bond donors (Lipinski definition) is 0. The molecule has 40 heavy (non-hydrogen) atoms. The van der Waals surface area contributed by atoms with Gasteiger partial charge in [-0.25, -0.2) is 14.9 Å². The fraction of sp³-hybridized carbons (Fsp3) is 0.370. The number of pyridine rings is 3. The molecule has 0 aromatic carbocycles. The number of ether oxygens (including phenoxy) is 4. The molecule has 0 N–H and O–H groups in total. The molecule has 0 unspecified atom stereocenters. The van der Waals surface area contributed by atoms with Crippen molar-refractivity contribution in [2.75, 3.05) is 32.3 Å². The van der Waals surface area contributed by atoms with Crippen molar-refractivity contribution < 1.29 is 33.3 Å². The highest BCUT2D eigenvalue weighted by atomic mass is 35.5. The molecule has 2 amide bonds. The van der Waals surface area contributed by atoms with Gasteiger partial charge < -0.3 is 24.2 Å². The minimum Gasteiger partial charge on any atom is -0.619 e. The molecule has 2 saturated carbocycles. The fourth-order valence-electron chi connectivity index (χ4n) is 3.83. The first-order valence-corrected chi connectivity index (χ1v) is 13.3. The van der Waals surface area contributed by atoms with Crippen LogP contribution in [0, 0.1) is 17.0 Å². The summed E-state index contributed by atoms with van der Waals surface area (Å²) in [5.74, 6) is 0.354. The molecule has 0 radical (unpaired) electrons. The van der Waals surface area contributed by atoms with Crippen LogP contribution in [0.15, 0.2) is 36.9 Å². The Labute approximate surface area is 240 Å². The topological polar surface area (TPSA) is 127 Å². The van der Waals surface area contributed by atoms with Crippen LogP contribution in [0.3, 0.4) is 0 Å². The van der Waals surface area contributed by atoms with E-state index in [1.54, 1.807) is 0 Å². The lowest BCUT2D eigenvalue weighted by atomic mass is 10.2. The van der Waals surface area contributed by atoms with E-state index in [-0.39, 0.29) is 27.1 Å². The predicted molar refractivity (Wildman–Crippen MR) is 145 cm³/mol. The van der Waals surface area contributed by atoms with E-state index in [4.69, 9.17) is 42.1 Å². The van der Waals surface area contributed by atoms with Gasteiger partial charge >= 0.3 is 0 Å². The van der Waals surface area contributed by atoms with E-state index in [9.17, 15) is 14.8 Å². The van der Waals surface area contributed by atoms with Crippen LogP contribution < -0.4 is 28.6 Å². The molecule has 0 saturated heterocycles. The lowest BCUT2D eigenvalue weighted by Crippen LogP contribution is -2.39. The van der Waals surface area contributed by atoms with E-state index in [0.29, 0.717) is 52.8 Å². The molecule has 11 nitrogen and oxygen atoms in total. The quantitative estimate of drug-likeness (QED) is 0.181. The summed E-state index contributed by atoms with van der Waals surface area (Å²) < 4.78 is 22.8. The second kappa shape index (κ2) is 11.7. The molecule has 2 aliphatic carbocycles. The highest BCUT2D eigenvalue weighted by molar-refractivity contribution is 6.42. The Hall–Kier alpha value is -3.83. The largest absolute Gasteiger partial charge is 0.619 e. The molecule has 3 heterocycles. The zero-order valence-corrected chi connectivity index (χ0v) is 23.3. The Bertz CT molecular complexity index is 1340. The molecule has 5 rings (SSSR count). The Morgan fingerprint density at radius 1 is 0.850 bits per heavy atom. The molecular weight excluding hydrogens is 563 g/mol. The van der Waals surface area contributed by atoms with E-state index in [0.717, 1.165) is 43.0 Å². The third-order valence-corrected chi connectivity index (χ3v) is 7.00. The van der Waals surface area contributed by atoms with Crippen molar-refractivity contribution >= 4 is 40.7 Å². The van der Waals surface area contributed by atoms with Gasteiger partial charge in [-0.05, 0) is 37.5 Å². The third kappa shape index (κ3) is 6.15. The van der Waals surface area contributed by atoms with E-state index in [1.807, 2.05) is 0 Å². The number of carbonyl (C=O) groups excluding carboxylic acids is 2. The number of nitrogens with zero attached hydrogens (tertiary/aromatic N) is 4. The van der Waals surface area contributed by atoms with Crippen LogP contribution in [0.4, 0.5) is 5.69 Å². The van der Waals surface area contributed by atoms with Crippen LogP contribution in [0.1, 0.15) is 46.7 Å². The Morgan fingerprint density at radius 2 is 1.27 bits per heavy atom. The second-order valence-corrected chi connectivity index (χ2v) is 10.4. The van der Waals surface area contributed by atoms with Gasteiger partial charge in [-0.1, -0.05) is 23.2 Å². The maximum Gasteiger partial charge on any atom is 0.284 e. The molecule has 0 bridgehead atoms. The Morgan fingerprint density at radius 3 is 1.65 bits per heavy atom. The highest BCUT2D eigenvalue weighted by Gasteiger charge is 2.34. The van der Waals surface area contributed by atoms with Gasteiger partial charge in [0.05, 0.1) is 39.8 Å². The number of aromatic nitrogens is 3. The number of rotatable bonds is 11. The number of methoxy groups -OCH3 is 2. The van der Waals surface area contributed by atoms with Crippen molar-refractivity contribution in [1.29, 1.82) is 0 Å². The van der Waals surface area contributed by atoms with Crippen LogP contribution in [-0.2, 0) is 0 Å². The first-order chi connectivity index (χ1) is 19.3. The number of carbonyl (C=O) groups is 2. The van der Waals surface area contributed by atoms with Gasteiger partial charge in [-0.15, -0.1) is 0 Å². The van der Waals surface area contributed by atoms with Gasteiger partial charge in [-0.3, -0.25) is 9.59 Å². The lowest BCUT2D eigenvalue weighted by molar-refractivity contribution is -0.605. The molecule has 3 aromatic rings. The minimum absolute atomic E-state index is 0.148. The summed E-state index contributed by atoms with van der Waals surface area (Å²) in [5.41, 5.74) is -0.504. The van der Waals surface area contributed by atoms with Gasteiger partial charge in [0, 0.05) is 12.1 Å². The molecule has 13 heteroatoms. The summed E-state index contributed by atoms with van der Waals surface area (Å²) in [7, 11) is 2.91. The number of anilines is 1. The summed E-state index contributed by atoms with van der Waals surface area (Å²) in [4.78, 5) is 37.0. The molecule has 0 aliphatic heterocycles. The van der Waals surface area contributed by atoms with Crippen molar-refractivity contribution in [2.24, 2.45) is 11.8 Å². The molecule has 0 atom stereocenters. The van der Waals surface area contributed by atoms with Crippen molar-refractivity contribution in [2.45, 2.75) is 25.7 Å². The number of imide groups is 1. The molecule has 2 fully saturated rings. The molecular formula is C27H26Cl2N4O7. The first-order valence-electron chi connectivity index (χ1n) is 12.6. The molecule has 3 aromatic heterocycles. The third-order valence-electron chi connectivity index (χ3n) is 6.45. The zero-order chi connectivity index (χ0) is 28.4. The maximum atomic E-state index is 13.9. The van der Waals surface area contributed by atoms with E-state index in [2.05, 4.69) is 9.97 Å². The fourth-order valence-corrected chi connectivity index (χ4v) is 4.45. The molecule has 0 spiro atoms. The zero-order valence-electron chi connectivity index (χ0n) is 21.8. The summed E-state index contributed by atoms with van der Waals surface area (Å²) in [6.45, 7) is 0.909. The van der Waals surface area contributed by atoms with E-state index in [1.165, 1.54) is 38.7 Å². The maximum absolute atomic E-state index is 13.9. The number of amides is 2. The van der Waals surface area contributed by atoms with Crippen LogP contribution in [0.5, 0.6) is 23.0 Å².